The molecule has 1 aromatic heterocycles. The van der Waals surface area contributed by atoms with Crippen molar-refractivity contribution in [2.75, 3.05) is 18.9 Å². The first-order valence-electron chi connectivity index (χ1n) is 12.6. The molecule has 11 nitrogen and oxygen atoms in total. The highest BCUT2D eigenvalue weighted by Crippen LogP contribution is 2.09. The monoisotopic (exact) mass is 572 g/mol. The third kappa shape index (κ3) is 13.7. The first-order valence-corrected chi connectivity index (χ1v) is 14.2. The number of hydrogen-bond acceptors (Lipinski definition) is 8. The Bertz CT molecular complexity index is 910. The van der Waals surface area contributed by atoms with Crippen molar-refractivity contribution < 1.29 is 33.8 Å². The molecule has 0 saturated carbocycles. The van der Waals surface area contributed by atoms with Crippen molar-refractivity contribution in [3.8, 4) is 0 Å². The molecular weight excluding hydrogens is 532 g/mol. The number of nitrogens with one attached hydrogen (secondary N) is 4. The quantitative estimate of drug-likeness (QED) is 0.155. The normalized spacial score (nSPS) is 13.3. The summed E-state index contributed by atoms with van der Waals surface area (Å²) in [5.74, 6) is -2.73. The molecule has 4 amide bonds. The zero-order chi connectivity index (χ0) is 28.7. The Balaban J connectivity index is 2.84. The van der Waals surface area contributed by atoms with Crippen molar-refractivity contribution in [1.29, 1.82) is 0 Å². The Morgan fingerprint density at radius 1 is 0.947 bits per heavy atom. The van der Waals surface area contributed by atoms with Gasteiger partial charge in [-0.05, 0) is 53.5 Å². The van der Waals surface area contributed by atoms with Gasteiger partial charge in [-0.3, -0.25) is 19.2 Å². The number of carbonyl (C=O) groups excluding carboxylic acids is 4. The zero-order valence-corrected chi connectivity index (χ0v) is 24.0. The third-order valence-electron chi connectivity index (χ3n) is 5.25. The van der Waals surface area contributed by atoms with Gasteiger partial charge in [0, 0.05) is 18.7 Å². The van der Waals surface area contributed by atoms with E-state index in [1.807, 2.05) is 44.5 Å². The van der Waals surface area contributed by atoms with Crippen LogP contribution in [0.4, 0.5) is 4.79 Å². The topological polar surface area (TPSA) is 163 Å². The first kappa shape index (κ1) is 33.2. The fraction of sp³-hybridized carbons (Fsp3) is 0.640. The molecule has 214 valence electrons. The second kappa shape index (κ2) is 17.7. The van der Waals surface area contributed by atoms with Gasteiger partial charge in [-0.2, -0.15) is 24.0 Å². The number of aliphatic carboxylic acids is 1. The van der Waals surface area contributed by atoms with E-state index in [4.69, 9.17) is 9.84 Å². The maximum absolute atomic E-state index is 13.1. The first-order chi connectivity index (χ1) is 17.9. The minimum atomic E-state index is -1.23. The lowest BCUT2D eigenvalue weighted by atomic mass is 10.0. The van der Waals surface area contributed by atoms with E-state index in [0.717, 1.165) is 5.56 Å². The van der Waals surface area contributed by atoms with Crippen molar-refractivity contribution in [1.82, 2.24) is 21.3 Å². The molecule has 0 saturated heterocycles. The van der Waals surface area contributed by atoms with Gasteiger partial charge in [0.05, 0.1) is 6.61 Å². The summed E-state index contributed by atoms with van der Waals surface area (Å²) in [4.78, 5) is 61.9. The average Bonchev–Trinajstić information content (AvgIpc) is 3.36. The fourth-order valence-electron chi connectivity index (χ4n) is 3.29. The van der Waals surface area contributed by atoms with Gasteiger partial charge >= 0.3 is 12.1 Å². The minimum Gasteiger partial charge on any atom is -0.481 e. The molecule has 1 rings (SSSR count). The Morgan fingerprint density at radius 3 is 2.16 bits per heavy atom. The number of ether oxygens (including phenoxy) is 1. The lowest BCUT2D eigenvalue weighted by molar-refractivity contribution is -0.137. The summed E-state index contributed by atoms with van der Waals surface area (Å²) in [5, 5.41) is 23.4. The van der Waals surface area contributed by atoms with Crippen molar-refractivity contribution in [3.63, 3.8) is 0 Å². The number of amides is 4. The molecule has 3 unspecified atom stereocenters. The van der Waals surface area contributed by atoms with Crippen LogP contribution in [0.1, 0.15) is 52.5 Å². The third-order valence-corrected chi connectivity index (χ3v) is 6.35. The second-order valence-electron chi connectivity index (χ2n) is 9.73. The number of carboxylic acids is 1. The number of alkyl carbamates (subject to hydrolysis) is 1. The van der Waals surface area contributed by atoms with Gasteiger partial charge in [0.2, 0.25) is 17.7 Å². The minimum absolute atomic E-state index is 0.00127. The van der Waals surface area contributed by atoms with E-state index >= 15 is 0 Å². The maximum Gasteiger partial charge on any atom is 0.407 e. The lowest BCUT2D eigenvalue weighted by Gasteiger charge is -2.25. The highest BCUT2D eigenvalue weighted by molar-refractivity contribution is 7.80. The molecule has 0 aromatic carbocycles. The van der Waals surface area contributed by atoms with Gasteiger partial charge < -0.3 is 31.1 Å². The summed E-state index contributed by atoms with van der Waals surface area (Å²) in [7, 11) is 0. The van der Waals surface area contributed by atoms with Crippen molar-refractivity contribution in [2.45, 2.75) is 71.5 Å². The SMILES string of the molecule is CC(C)COC(=O)NC(CCC(=O)O)C(=O)NC(CC(C)C)C(=O)NC(CS)C(=O)NCCc1ccsc1. The lowest BCUT2D eigenvalue weighted by Crippen LogP contribution is -2.57. The maximum atomic E-state index is 13.1. The molecular formula is C25H40N4O7S2. The van der Waals surface area contributed by atoms with Crippen LogP contribution in [-0.2, 0) is 30.3 Å². The molecule has 1 aromatic rings. The molecule has 0 aliphatic carbocycles. The van der Waals surface area contributed by atoms with Gasteiger partial charge in [0.25, 0.3) is 0 Å². The van der Waals surface area contributed by atoms with Crippen molar-refractivity contribution >= 4 is 53.7 Å². The van der Waals surface area contributed by atoms with Crippen LogP contribution < -0.4 is 21.3 Å². The largest absolute Gasteiger partial charge is 0.481 e. The Kier molecular flexibility index (Phi) is 15.4. The molecule has 3 atom stereocenters. The highest BCUT2D eigenvalue weighted by atomic mass is 32.1. The van der Waals surface area contributed by atoms with E-state index < -0.39 is 47.9 Å². The molecule has 0 bridgehead atoms. The summed E-state index contributed by atoms with van der Waals surface area (Å²) in [5.41, 5.74) is 1.10. The average molecular weight is 573 g/mol. The molecule has 38 heavy (non-hydrogen) atoms. The number of thiol groups is 1. The molecule has 0 spiro atoms. The second-order valence-corrected chi connectivity index (χ2v) is 10.9. The number of carbonyl (C=O) groups is 5. The van der Waals surface area contributed by atoms with E-state index in [1.165, 1.54) is 0 Å². The summed E-state index contributed by atoms with van der Waals surface area (Å²) in [6.07, 6.45) is -0.529. The zero-order valence-electron chi connectivity index (χ0n) is 22.3. The van der Waals surface area contributed by atoms with Gasteiger partial charge in [0.1, 0.15) is 18.1 Å². The van der Waals surface area contributed by atoms with Gasteiger partial charge in [0.15, 0.2) is 0 Å². The van der Waals surface area contributed by atoms with E-state index in [-0.39, 0.29) is 43.5 Å². The summed E-state index contributed by atoms with van der Waals surface area (Å²) < 4.78 is 5.05. The van der Waals surface area contributed by atoms with Crippen LogP contribution in [0.25, 0.3) is 0 Å². The van der Waals surface area contributed by atoms with E-state index in [2.05, 4.69) is 33.9 Å². The molecule has 5 N–H and O–H groups in total. The van der Waals surface area contributed by atoms with Crippen LogP contribution in [0, 0.1) is 11.8 Å². The molecule has 0 radical (unpaired) electrons. The van der Waals surface area contributed by atoms with Crippen LogP contribution in [0.15, 0.2) is 16.8 Å². The molecule has 0 fully saturated rings. The number of thiophene rings is 1. The molecule has 13 heteroatoms. The Morgan fingerprint density at radius 2 is 1.61 bits per heavy atom. The fourth-order valence-corrected chi connectivity index (χ4v) is 4.25. The summed E-state index contributed by atoms with van der Waals surface area (Å²) in [6.45, 7) is 7.94. The van der Waals surface area contributed by atoms with Crippen LogP contribution in [0.3, 0.4) is 0 Å². The van der Waals surface area contributed by atoms with E-state index in [9.17, 15) is 24.0 Å². The predicted octanol–water partition coefficient (Wildman–Crippen LogP) is 1.97. The standard InChI is InChI=1S/C25H40N4O7S2/c1-15(2)11-19(24(34)28-20(13-37)22(32)26-9-7-17-8-10-38-14-17)27-23(33)18(5-6-21(30)31)29-25(35)36-12-16(3)4/h8,10,14-16,18-20,37H,5-7,9,11-13H2,1-4H3,(H,26,32)(H,27,33)(H,28,34)(H,29,35)(H,30,31). The van der Waals surface area contributed by atoms with Crippen molar-refractivity contribution in [3.05, 3.63) is 22.4 Å². The molecule has 1 heterocycles. The number of carboxylic acid groups (broad SMARTS) is 1. The smallest absolute Gasteiger partial charge is 0.407 e. The van der Waals surface area contributed by atoms with Crippen LogP contribution >= 0.6 is 24.0 Å². The van der Waals surface area contributed by atoms with Gasteiger partial charge in [-0.25, -0.2) is 4.79 Å². The van der Waals surface area contributed by atoms with E-state index in [1.54, 1.807) is 11.3 Å². The van der Waals surface area contributed by atoms with Crippen LogP contribution in [0.2, 0.25) is 0 Å². The Labute approximate surface area is 233 Å². The molecule has 0 aliphatic rings. The van der Waals surface area contributed by atoms with Crippen molar-refractivity contribution in [2.24, 2.45) is 11.8 Å². The molecule has 0 aliphatic heterocycles. The van der Waals surface area contributed by atoms with Crippen LogP contribution in [0.5, 0.6) is 0 Å². The van der Waals surface area contributed by atoms with Gasteiger partial charge in [-0.15, -0.1) is 0 Å². The number of hydrogen-bond donors (Lipinski definition) is 6. The summed E-state index contributed by atoms with van der Waals surface area (Å²) in [6, 6.07) is -1.21. The Hall–Kier alpha value is -2.80. The van der Waals surface area contributed by atoms with Gasteiger partial charge in [-0.1, -0.05) is 27.7 Å². The number of rotatable bonds is 17. The van der Waals surface area contributed by atoms with E-state index in [0.29, 0.717) is 13.0 Å². The predicted molar refractivity (Wildman–Crippen MR) is 148 cm³/mol. The highest BCUT2D eigenvalue weighted by Gasteiger charge is 2.30. The summed E-state index contributed by atoms with van der Waals surface area (Å²) >= 11 is 5.76. The van der Waals surface area contributed by atoms with Crippen LogP contribution in [-0.4, -0.2) is 71.9 Å².